The molecule has 0 aromatic heterocycles. The number of aliphatic imine (C=N–C) groups is 4. The minimum atomic E-state index is -5.02. The van der Waals surface area contributed by atoms with Crippen molar-refractivity contribution in [3.05, 3.63) is 117 Å². The van der Waals surface area contributed by atoms with Crippen LogP contribution in [0.3, 0.4) is 0 Å². The van der Waals surface area contributed by atoms with Gasteiger partial charge in [0.2, 0.25) is 12.4 Å². The van der Waals surface area contributed by atoms with Crippen LogP contribution in [0.1, 0.15) is 50.5 Å². The first kappa shape index (κ1) is 30.8. The predicted octanol–water partition coefficient (Wildman–Crippen LogP) is 8.60. The van der Waals surface area contributed by atoms with Crippen molar-refractivity contribution in [2.24, 2.45) is 20.0 Å². The van der Waals surface area contributed by atoms with E-state index in [9.17, 15) is 36.9 Å². The van der Waals surface area contributed by atoms with Gasteiger partial charge in [-0.2, -0.15) is 46.9 Å². The number of nitrogens with zero attached hydrogens (tertiary/aromatic N) is 6. The standard InChI is InChI=1S/C36H20F6N6/c1-17-7-18(2)9-21(8-17)19-3-5-25-27(12-19)29(45-15-43)33-31(25)47-34-30(46-16-44)28-13-20(4-6-26(28)32(34)48-33)22-10-23(35(37,38)39)14-24(11-22)36(40,41)42/h3-14,31,33H,1-2H3. The van der Waals surface area contributed by atoms with Crippen molar-refractivity contribution >= 4 is 22.8 Å². The van der Waals surface area contributed by atoms with Crippen LogP contribution in [0.5, 0.6) is 0 Å². The maximum Gasteiger partial charge on any atom is 0.416 e. The van der Waals surface area contributed by atoms with Crippen LogP contribution in [0.2, 0.25) is 0 Å². The molecule has 0 amide bonds. The molecule has 0 N–H and O–H groups in total. The molecular weight excluding hydrogens is 630 g/mol. The van der Waals surface area contributed by atoms with Gasteiger partial charge in [-0.1, -0.05) is 53.6 Å². The van der Waals surface area contributed by atoms with E-state index in [0.29, 0.717) is 34.7 Å². The largest absolute Gasteiger partial charge is 0.416 e. The molecule has 0 fully saturated rings. The average Bonchev–Trinajstić information content (AvgIpc) is 3.49. The van der Waals surface area contributed by atoms with E-state index in [0.717, 1.165) is 27.8 Å². The van der Waals surface area contributed by atoms with Crippen LogP contribution >= 0.6 is 0 Å². The SMILES string of the molecule is Cc1cc(C)cc(-c2ccc3c(c2)C(=NC#N)C2N=C4C(=NC32)C(=NC#N)c2cc(-c3cc(C(F)(F)F)cc(C(F)(F)F)c3)ccc24)c1. The van der Waals surface area contributed by atoms with E-state index in [1.54, 1.807) is 6.19 Å². The summed E-state index contributed by atoms with van der Waals surface area (Å²) in [5.74, 6) is 0. The number of rotatable bonds is 2. The molecule has 3 aliphatic rings. The molecule has 12 heteroatoms. The Kier molecular flexibility index (Phi) is 6.95. The summed E-state index contributed by atoms with van der Waals surface area (Å²) in [6.07, 6.45) is -6.44. The fourth-order valence-corrected chi connectivity index (χ4v) is 6.60. The van der Waals surface area contributed by atoms with E-state index in [1.165, 1.54) is 18.2 Å². The molecule has 4 aromatic carbocycles. The molecule has 2 aliphatic carbocycles. The Morgan fingerprint density at radius 3 is 1.75 bits per heavy atom. The van der Waals surface area contributed by atoms with Crippen LogP contribution in [0.4, 0.5) is 26.3 Å². The van der Waals surface area contributed by atoms with E-state index >= 15 is 0 Å². The highest BCUT2D eigenvalue weighted by Crippen LogP contribution is 2.44. The molecule has 7 rings (SSSR count). The molecule has 2 unspecified atom stereocenters. The topological polar surface area (TPSA) is 97.0 Å². The number of benzene rings is 4. The Labute approximate surface area is 269 Å². The van der Waals surface area contributed by atoms with Crippen LogP contribution in [0, 0.1) is 36.8 Å². The van der Waals surface area contributed by atoms with E-state index in [1.807, 2.05) is 38.2 Å². The van der Waals surface area contributed by atoms with E-state index < -0.39 is 35.6 Å². The van der Waals surface area contributed by atoms with Crippen LogP contribution in [0.15, 0.2) is 92.8 Å². The van der Waals surface area contributed by atoms with Gasteiger partial charge in [-0.25, -0.2) is 0 Å². The minimum absolute atomic E-state index is 0.0482. The first-order valence-corrected chi connectivity index (χ1v) is 14.5. The summed E-state index contributed by atoms with van der Waals surface area (Å²) in [4.78, 5) is 18.0. The third-order valence-corrected chi connectivity index (χ3v) is 8.55. The summed E-state index contributed by atoms with van der Waals surface area (Å²) in [5.41, 5.74) is 4.21. The zero-order valence-corrected chi connectivity index (χ0v) is 25.0. The molecule has 48 heavy (non-hydrogen) atoms. The lowest BCUT2D eigenvalue weighted by molar-refractivity contribution is -0.143. The number of aryl methyl sites for hydroxylation is 2. The summed E-state index contributed by atoms with van der Waals surface area (Å²) in [6.45, 7) is 4.01. The third kappa shape index (κ3) is 5.06. The highest BCUT2D eigenvalue weighted by Gasteiger charge is 2.45. The quantitative estimate of drug-likeness (QED) is 0.160. The maximum absolute atomic E-state index is 13.6. The van der Waals surface area contributed by atoms with Crippen LogP contribution in [-0.2, 0) is 12.4 Å². The van der Waals surface area contributed by atoms with Gasteiger partial charge in [-0.05, 0) is 72.0 Å². The first-order valence-electron chi connectivity index (χ1n) is 14.5. The third-order valence-electron chi connectivity index (χ3n) is 8.55. The second-order valence-corrected chi connectivity index (χ2v) is 11.7. The van der Waals surface area contributed by atoms with Crippen molar-refractivity contribution in [1.29, 1.82) is 10.5 Å². The monoisotopic (exact) mass is 650 g/mol. The molecular formula is C36H20F6N6. The Hall–Kier alpha value is -5.88. The first-order chi connectivity index (χ1) is 22.8. The Balaban J connectivity index is 1.35. The molecule has 0 saturated heterocycles. The average molecular weight is 651 g/mol. The molecule has 0 radical (unpaired) electrons. The second kappa shape index (κ2) is 10.8. The fourth-order valence-electron chi connectivity index (χ4n) is 6.60. The number of hydrogen-bond acceptors (Lipinski definition) is 6. The molecule has 6 nitrogen and oxygen atoms in total. The summed E-state index contributed by atoms with van der Waals surface area (Å²) >= 11 is 0. The van der Waals surface area contributed by atoms with E-state index in [-0.39, 0.29) is 34.2 Å². The number of alkyl halides is 6. The summed E-state index contributed by atoms with van der Waals surface area (Å²) in [6, 6.07) is 16.3. The van der Waals surface area contributed by atoms with Gasteiger partial charge in [-0.15, -0.1) is 0 Å². The van der Waals surface area contributed by atoms with Crippen molar-refractivity contribution in [2.75, 3.05) is 0 Å². The normalized spacial score (nSPS) is 19.5. The van der Waals surface area contributed by atoms with Crippen molar-refractivity contribution < 1.29 is 26.3 Å². The zero-order valence-electron chi connectivity index (χ0n) is 25.0. The minimum Gasteiger partial charge on any atom is -0.270 e. The molecule has 0 saturated carbocycles. The van der Waals surface area contributed by atoms with Gasteiger partial charge < -0.3 is 0 Å². The zero-order chi connectivity index (χ0) is 34.1. The Bertz CT molecular complexity index is 2230. The van der Waals surface area contributed by atoms with Crippen molar-refractivity contribution in [1.82, 2.24) is 0 Å². The van der Waals surface area contributed by atoms with Gasteiger partial charge >= 0.3 is 12.4 Å². The second-order valence-electron chi connectivity index (χ2n) is 11.7. The number of hydrogen-bond donors (Lipinski definition) is 0. The van der Waals surface area contributed by atoms with Gasteiger partial charge in [0.25, 0.3) is 0 Å². The molecule has 4 aromatic rings. The maximum atomic E-state index is 13.6. The van der Waals surface area contributed by atoms with Crippen molar-refractivity contribution in [2.45, 2.75) is 38.3 Å². The molecule has 1 aliphatic heterocycles. The van der Waals surface area contributed by atoms with Crippen molar-refractivity contribution in [3.63, 3.8) is 0 Å². The lowest BCUT2D eigenvalue weighted by Gasteiger charge is -2.20. The van der Waals surface area contributed by atoms with Crippen LogP contribution < -0.4 is 0 Å². The van der Waals surface area contributed by atoms with Gasteiger partial charge in [0.05, 0.1) is 22.6 Å². The highest BCUT2D eigenvalue weighted by molar-refractivity contribution is 6.79. The van der Waals surface area contributed by atoms with Gasteiger partial charge in [-0.3, -0.25) is 9.98 Å². The summed E-state index contributed by atoms with van der Waals surface area (Å²) in [7, 11) is 0. The van der Waals surface area contributed by atoms with E-state index in [2.05, 4.69) is 28.2 Å². The number of nitriles is 2. The van der Waals surface area contributed by atoms with Crippen LogP contribution in [0.25, 0.3) is 22.3 Å². The Morgan fingerprint density at radius 1 is 0.583 bits per heavy atom. The molecule has 0 bridgehead atoms. The lowest BCUT2D eigenvalue weighted by Crippen LogP contribution is -2.30. The Morgan fingerprint density at radius 2 is 1.15 bits per heavy atom. The lowest BCUT2D eigenvalue weighted by atomic mass is 9.96. The van der Waals surface area contributed by atoms with Gasteiger partial charge in [0.1, 0.15) is 23.5 Å². The summed E-state index contributed by atoms with van der Waals surface area (Å²) in [5, 5.41) is 19.2. The number of fused-ring (bicyclic) bond motifs is 6. The molecule has 1 heterocycles. The number of halogens is 6. The predicted molar refractivity (Wildman–Crippen MR) is 168 cm³/mol. The smallest absolute Gasteiger partial charge is 0.270 e. The highest BCUT2D eigenvalue weighted by atomic mass is 19.4. The van der Waals surface area contributed by atoms with E-state index in [4.69, 9.17) is 9.98 Å². The fraction of sp³-hybridized carbons (Fsp3) is 0.167. The molecule has 2 atom stereocenters. The summed E-state index contributed by atoms with van der Waals surface area (Å²) < 4.78 is 81.6. The molecule has 236 valence electrons. The molecule has 0 spiro atoms. The van der Waals surface area contributed by atoms with Crippen molar-refractivity contribution in [3.8, 4) is 34.6 Å². The van der Waals surface area contributed by atoms with Crippen LogP contribution in [-0.4, -0.2) is 28.9 Å². The van der Waals surface area contributed by atoms with Gasteiger partial charge in [0.15, 0.2) is 0 Å². The van der Waals surface area contributed by atoms with Gasteiger partial charge in [0, 0.05) is 16.7 Å².